The van der Waals surface area contributed by atoms with Crippen LogP contribution in [-0.2, 0) is 0 Å². The molecule has 0 fully saturated rings. The summed E-state index contributed by atoms with van der Waals surface area (Å²) in [7, 11) is 0. The number of non-ortho nitro benzene ring substituents is 2. The van der Waals surface area contributed by atoms with Crippen molar-refractivity contribution < 1.29 is 14.6 Å². The van der Waals surface area contributed by atoms with Gasteiger partial charge in [-0.2, -0.15) is 0 Å². The second-order valence-electron chi connectivity index (χ2n) is 5.77. The maximum Gasteiger partial charge on any atom is 0.271 e. The topological polar surface area (TPSA) is 139 Å². The van der Waals surface area contributed by atoms with E-state index in [2.05, 4.69) is 16.0 Å². The van der Waals surface area contributed by atoms with Crippen molar-refractivity contribution in [3.8, 4) is 0 Å². The number of thiocarbonyl (C=S) groups is 1. The lowest BCUT2D eigenvalue weighted by atomic mass is 10.2. The van der Waals surface area contributed by atoms with Gasteiger partial charge in [-0.25, -0.2) is 0 Å². The minimum atomic E-state index is -2.05. The zero-order valence-electron chi connectivity index (χ0n) is 15.0. The average molecular weight is 527 g/mol. The van der Waals surface area contributed by atoms with Crippen molar-refractivity contribution in [3.05, 3.63) is 73.3 Å². The highest BCUT2D eigenvalue weighted by atomic mass is 35.6. The molecule has 0 aromatic heterocycles. The third kappa shape index (κ3) is 7.04. The molecule has 15 heteroatoms. The fourth-order valence-corrected chi connectivity index (χ4v) is 2.93. The first kappa shape index (κ1) is 24.8. The first-order valence-electron chi connectivity index (χ1n) is 8.02. The summed E-state index contributed by atoms with van der Waals surface area (Å²) >= 11 is 28.8. The van der Waals surface area contributed by atoms with Crippen LogP contribution < -0.4 is 16.0 Å². The number of amides is 1. The van der Waals surface area contributed by atoms with E-state index in [1.165, 1.54) is 24.3 Å². The summed E-state index contributed by atoms with van der Waals surface area (Å²) in [4.78, 5) is 32.7. The van der Waals surface area contributed by atoms with Gasteiger partial charge in [0.2, 0.25) is 3.79 Å². The van der Waals surface area contributed by atoms with Gasteiger partial charge in [-0.05, 0) is 30.4 Å². The number of hydrogen-bond acceptors (Lipinski definition) is 6. The Balaban J connectivity index is 2.10. The summed E-state index contributed by atoms with van der Waals surface area (Å²) in [6.07, 6.45) is -1.32. The van der Waals surface area contributed by atoms with E-state index in [1.54, 1.807) is 0 Å². The van der Waals surface area contributed by atoms with Crippen molar-refractivity contribution in [2.45, 2.75) is 9.96 Å². The van der Waals surface area contributed by atoms with Gasteiger partial charge in [-0.3, -0.25) is 25.0 Å². The molecule has 0 saturated carbocycles. The van der Waals surface area contributed by atoms with Crippen LogP contribution in [0.25, 0.3) is 0 Å². The molecule has 1 amide bonds. The number of carbonyl (C=O) groups excluding carboxylic acids is 1. The molecule has 0 heterocycles. The molecule has 2 aromatic rings. The molecule has 1 atom stereocenters. The molecule has 2 rings (SSSR count). The van der Waals surface area contributed by atoms with Crippen LogP contribution in [0.1, 0.15) is 10.4 Å². The summed E-state index contributed by atoms with van der Waals surface area (Å²) in [5, 5.41) is 29.1. The number of carbonyl (C=O) groups is 1. The van der Waals surface area contributed by atoms with Crippen LogP contribution in [-0.4, -0.2) is 30.8 Å². The zero-order chi connectivity index (χ0) is 23.3. The van der Waals surface area contributed by atoms with Crippen LogP contribution >= 0.6 is 58.6 Å². The van der Waals surface area contributed by atoms with E-state index >= 15 is 0 Å². The number of benzene rings is 2. The molecule has 1 unspecified atom stereocenters. The first-order valence-corrected chi connectivity index (χ1v) is 9.94. The number of nitro benzene ring substituents is 2. The van der Waals surface area contributed by atoms with Gasteiger partial charge in [0.1, 0.15) is 6.17 Å². The number of halogens is 4. The first-order chi connectivity index (χ1) is 14.4. The quantitative estimate of drug-likeness (QED) is 0.163. The minimum absolute atomic E-state index is 0.0127. The highest BCUT2D eigenvalue weighted by Gasteiger charge is 2.35. The number of anilines is 1. The minimum Gasteiger partial charge on any atom is -0.339 e. The van der Waals surface area contributed by atoms with E-state index in [-0.39, 0.29) is 32.8 Å². The van der Waals surface area contributed by atoms with Gasteiger partial charge in [0, 0.05) is 29.8 Å². The molecule has 164 valence electrons. The molecule has 31 heavy (non-hydrogen) atoms. The molecular weight excluding hydrogens is 516 g/mol. The van der Waals surface area contributed by atoms with Crippen LogP contribution in [0.4, 0.5) is 17.1 Å². The number of nitrogens with one attached hydrogen (secondary N) is 3. The molecule has 0 aliphatic rings. The third-order valence-electron chi connectivity index (χ3n) is 3.63. The maximum atomic E-state index is 12.4. The summed E-state index contributed by atoms with van der Waals surface area (Å²) in [5.74, 6) is -0.699. The van der Waals surface area contributed by atoms with Gasteiger partial charge < -0.3 is 16.0 Å². The van der Waals surface area contributed by atoms with E-state index in [9.17, 15) is 25.0 Å². The van der Waals surface area contributed by atoms with E-state index in [0.29, 0.717) is 0 Å². The molecule has 0 aliphatic heterocycles. The molecule has 3 N–H and O–H groups in total. The Kier molecular flexibility index (Phi) is 8.21. The van der Waals surface area contributed by atoms with Crippen molar-refractivity contribution in [3.63, 3.8) is 0 Å². The molecule has 0 saturated heterocycles. The van der Waals surface area contributed by atoms with Crippen LogP contribution in [0.5, 0.6) is 0 Å². The average Bonchev–Trinajstić information content (AvgIpc) is 2.68. The Labute approximate surface area is 200 Å². The van der Waals surface area contributed by atoms with Crippen molar-refractivity contribution >= 4 is 86.7 Å². The SMILES string of the molecule is O=C(NC(NC(=S)Nc1ccc([N+](=O)[O-])cc1Cl)C(Cl)(Cl)Cl)c1ccc([N+](=O)[O-])cc1. The number of nitrogens with zero attached hydrogens (tertiary/aromatic N) is 2. The van der Waals surface area contributed by atoms with Gasteiger partial charge in [0.15, 0.2) is 5.11 Å². The molecule has 10 nitrogen and oxygen atoms in total. The summed E-state index contributed by atoms with van der Waals surface area (Å²) in [6, 6.07) is 8.42. The smallest absolute Gasteiger partial charge is 0.271 e. The van der Waals surface area contributed by atoms with Gasteiger partial charge in [-0.15, -0.1) is 0 Å². The van der Waals surface area contributed by atoms with E-state index < -0.39 is 25.7 Å². The lowest BCUT2D eigenvalue weighted by molar-refractivity contribution is -0.385. The monoisotopic (exact) mass is 525 g/mol. The predicted octanol–water partition coefficient (Wildman–Crippen LogP) is 4.57. The van der Waals surface area contributed by atoms with Crippen molar-refractivity contribution in [2.24, 2.45) is 0 Å². The van der Waals surface area contributed by atoms with Gasteiger partial charge in [0.05, 0.1) is 20.6 Å². The Morgan fingerprint density at radius 1 is 0.968 bits per heavy atom. The van der Waals surface area contributed by atoms with Gasteiger partial charge in [-0.1, -0.05) is 46.4 Å². The number of nitro groups is 2. The molecule has 0 radical (unpaired) electrons. The number of rotatable bonds is 6. The zero-order valence-corrected chi connectivity index (χ0v) is 18.8. The lowest BCUT2D eigenvalue weighted by Gasteiger charge is -2.28. The van der Waals surface area contributed by atoms with Crippen LogP contribution in [0, 0.1) is 20.2 Å². The predicted molar refractivity (Wildman–Crippen MR) is 122 cm³/mol. The Morgan fingerprint density at radius 2 is 1.52 bits per heavy atom. The van der Waals surface area contributed by atoms with E-state index in [4.69, 9.17) is 58.6 Å². The van der Waals surface area contributed by atoms with E-state index in [0.717, 1.165) is 18.2 Å². The second-order valence-corrected chi connectivity index (χ2v) is 8.96. The Morgan fingerprint density at radius 3 is 2.00 bits per heavy atom. The highest BCUT2D eigenvalue weighted by Crippen LogP contribution is 2.30. The third-order valence-corrected chi connectivity index (χ3v) is 4.82. The van der Waals surface area contributed by atoms with Crippen LogP contribution in [0.3, 0.4) is 0 Å². The number of hydrogen-bond donors (Lipinski definition) is 3. The fourth-order valence-electron chi connectivity index (χ4n) is 2.16. The lowest BCUT2D eigenvalue weighted by Crippen LogP contribution is -2.56. The normalized spacial score (nSPS) is 11.9. The standard InChI is InChI=1S/C16H11Cl4N5O5S/c17-11-7-10(25(29)30)5-6-12(11)21-15(31)23-14(16(18,19)20)22-13(26)8-1-3-9(4-2-8)24(27)28/h1-7,14H,(H,22,26)(H2,21,23,31). The van der Waals surface area contributed by atoms with Gasteiger partial charge in [0.25, 0.3) is 17.3 Å². The number of alkyl halides is 3. The molecule has 0 bridgehead atoms. The summed E-state index contributed by atoms with van der Waals surface area (Å²) in [5.41, 5.74) is -0.111. The molecule has 0 aliphatic carbocycles. The highest BCUT2D eigenvalue weighted by molar-refractivity contribution is 7.80. The fraction of sp³-hybridized carbons (Fsp3) is 0.125. The largest absolute Gasteiger partial charge is 0.339 e. The summed E-state index contributed by atoms with van der Waals surface area (Å²) in [6.45, 7) is 0. The van der Waals surface area contributed by atoms with E-state index in [1.807, 2.05) is 0 Å². The molecule has 0 spiro atoms. The Hall–Kier alpha value is -2.44. The van der Waals surface area contributed by atoms with Crippen LogP contribution in [0.15, 0.2) is 42.5 Å². The van der Waals surface area contributed by atoms with Crippen molar-refractivity contribution in [1.29, 1.82) is 0 Å². The van der Waals surface area contributed by atoms with Crippen molar-refractivity contribution in [1.82, 2.24) is 10.6 Å². The Bertz CT molecular complexity index is 1030. The van der Waals surface area contributed by atoms with Gasteiger partial charge >= 0.3 is 0 Å². The van der Waals surface area contributed by atoms with Crippen LogP contribution in [0.2, 0.25) is 5.02 Å². The maximum absolute atomic E-state index is 12.4. The molecule has 2 aromatic carbocycles. The molecular formula is C16H11Cl4N5O5S. The summed E-state index contributed by atoms with van der Waals surface area (Å²) < 4.78 is -2.05. The second kappa shape index (κ2) is 10.2. The van der Waals surface area contributed by atoms with Crippen molar-refractivity contribution in [2.75, 3.05) is 5.32 Å².